The van der Waals surface area contributed by atoms with Crippen LogP contribution in [0.2, 0.25) is 0 Å². The lowest BCUT2D eigenvalue weighted by atomic mass is 10.1. The van der Waals surface area contributed by atoms with Gasteiger partial charge in [0.05, 0.1) is 11.9 Å². The summed E-state index contributed by atoms with van der Waals surface area (Å²) in [6.45, 7) is 0. The van der Waals surface area contributed by atoms with Crippen LogP contribution in [0.15, 0.2) is 18.2 Å². The van der Waals surface area contributed by atoms with Gasteiger partial charge in [-0.15, -0.1) is 0 Å². The summed E-state index contributed by atoms with van der Waals surface area (Å²) in [7, 11) is 0. The van der Waals surface area contributed by atoms with Crippen LogP contribution in [0, 0.1) is 0 Å². The minimum Gasteiger partial charge on any atom is -0.382 e. The van der Waals surface area contributed by atoms with Crippen LogP contribution in [-0.4, -0.2) is 16.4 Å². The smallest absolute Gasteiger partial charge is 0.382 e. The SMILES string of the molecule is Nc1n[nH]c2ccc(CC(F)(F)F)cc12. The molecule has 0 atom stereocenters. The van der Waals surface area contributed by atoms with Gasteiger partial charge in [0.1, 0.15) is 0 Å². The number of fused-ring (bicyclic) bond motifs is 1. The molecule has 3 nitrogen and oxygen atoms in total. The molecule has 0 spiro atoms. The maximum Gasteiger partial charge on any atom is 0.393 e. The van der Waals surface area contributed by atoms with Crippen LogP contribution in [-0.2, 0) is 6.42 Å². The van der Waals surface area contributed by atoms with Crippen LogP contribution in [0.4, 0.5) is 19.0 Å². The van der Waals surface area contributed by atoms with E-state index in [2.05, 4.69) is 10.2 Å². The van der Waals surface area contributed by atoms with Crippen LogP contribution < -0.4 is 5.73 Å². The highest BCUT2D eigenvalue weighted by molar-refractivity contribution is 5.88. The minimum atomic E-state index is -4.20. The van der Waals surface area contributed by atoms with Crippen molar-refractivity contribution in [1.29, 1.82) is 0 Å². The molecule has 0 bridgehead atoms. The number of anilines is 1. The molecule has 2 rings (SSSR count). The van der Waals surface area contributed by atoms with Crippen molar-refractivity contribution >= 4 is 16.7 Å². The van der Waals surface area contributed by atoms with Gasteiger partial charge in [0, 0.05) is 5.39 Å². The lowest BCUT2D eigenvalue weighted by Crippen LogP contribution is -2.11. The van der Waals surface area contributed by atoms with E-state index >= 15 is 0 Å². The fraction of sp³-hybridized carbons (Fsp3) is 0.222. The van der Waals surface area contributed by atoms with Crippen LogP contribution in [0.3, 0.4) is 0 Å². The van der Waals surface area contributed by atoms with Crippen molar-refractivity contribution in [3.63, 3.8) is 0 Å². The summed E-state index contributed by atoms with van der Waals surface area (Å²) in [6, 6.07) is 4.36. The van der Waals surface area contributed by atoms with E-state index in [0.717, 1.165) is 0 Å². The first kappa shape index (κ1) is 9.82. The van der Waals surface area contributed by atoms with E-state index in [9.17, 15) is 13.2 Å². The molecule has 1 aromatic heterocycles. The van der Waals surface area contributed by atoms with E-state index in [0.29, 0.717) is 10.9 Å². The zero-order valence-corrected chi connectivity index (χ0v) is 7.60. The van der Waals surface area contributed by atoms with E-state index in [1.54, 1.807) is 6.07 Å². The Hall–Kier alpha value is -1.72. The van der Waals surface area contributed by atoms with Gasteiger partial charge < -0.3 is 5.73 Å². The van der Waals surface area contributed by atoms with Gasteiger partial charge in [0.25, 0.3) is 0 Å². The molecule has 15 heavy (non-hydrogen) atoms. The number of hydrogen-bond donors (Lipinski definition) is 2. The molecule has 1 aromatic carbocycles. The molecule has 0 fully saturated rings. The Morgan fingerprint density at radius 3 is 2.73 bits per heavy atom. The molecule has 2 aromatic rings. The molecule has 0 aliphatic carbocycles. The number of aromatic amines is 1. The van der Waals surface area contributed by atoms with Crippen molar-refractivity contribution in [1.82, 2.24) is 10.2 Å². The highest BCUT2D eigenvalue weighted by atomic mass is 19.4. The molecular weight excluding hydrogens is 207 g/mol. The Morgan fingerprint density at radius 2 is 2.07 bits per heavy atom. The van der Waals surface area contributed by atoms with Crippen molar-refractivity contribution in [3.05, 3.63) is 23.8 Å². The summed E-state index contributed by atoms with van der Waals surface area (Å²) in [5.41, 5.74) is 6.31. The molecule has 0 radical (unpaired) electrons. The van der Waals surface area contributed by atoms with Crippen LogP contribution in [0.1, 0.15) is 5.56 Å². The second-order valence-electron chi connectivity index (χ2n) is 3.28. The number of rotatable bonds is 1. The molecule has 6 heteroatoms. The Balaban J connectivity index is 2.42. The average molecular weight is 215 g/mol. The van der Waals surface area contributed by atoms with E-state index in [1.807, 2.05) is 0 Å². The van der Waals surface area contributed by atoms with E-state index < -0.39 is 12.6 Å². The van der Waals surface area contributed by atoms with Gasteiger partial charge in [-0.2, -0.15) is 18.3 Å². The molecule has 0 aliphatic heterocycles. The Labute approximate surface area is 83.1 Å². The number of halogens is 3. The first-order chi connectivity index (χ1) is 6.96. The minimum absolute atomic E-state index is 0.183. The van der Waals surface area contributed by atoms with E-state index in [-0.39, 0.29) is 11.4 Å². The lowest BCUT2D eigenvalue weighted by Gasteiger charge is -2.05. The Kier molecular flexibility index (Phi) is 2.06. The number of benzene rings is 1. The number of alkyl halides is 3. The van der Waals surface area contributed by atoms with Gasteiger partial charge in [0.2, 0.25) is 0 Å². The van der Waals surface area contributed by atoms with E-state index in [1.165, 1.54) is 12.1 Å². The number of nitrogen functional groups attached to an aromatic ring is 1. The number of nitrogens with zero attached hydrogens (tertiary/aromatic N) is 1. The van der Waals surface area contributed by atoms with Crippen LogP contribution in [0.5, 0.6) is 0 Å². The first-order valence-corrected chi connectivity index (χ1v) is 4.25. The van der Waals surface area contributed by atoms with Crippen molar-refractivity contribution in [2.75, 3.05) is 5.73 Å². The van der Waals surface area contributed by atoms with Gasteiger partial charge >= 0.3 is 6.18 Å². The molecule has 80 valence electrons. The first-order valence-electron chi connectivity index (χ1n) is 4.25. The third-order valence-corrected chi connectivity index (χ3v) is 2.06. The van der Waals surface area contributed by atoms with Crippen molar-refractivity contribution < 1.29 is 13.2 Å². The molecular formula is C9H8F3N3. The Bertz CT molecular complexity index is 487. The fourth-order valence-electron chi connectivity index (χ4n) is 1.42. The summed E-state index contributed by atoms with van der Waals surface area (Å²) in [4.78, 5) is 0. The second-order valence-corrected chi connectivity index (χ2v) is 3.28. The molecule has 3 N–H and O–H groups in total. The summed E-state index contributed by atoms with van der Waals surface area (Å²) >= 11 is 0. The summed E-state index contributed by atoms with van der Waals surface area (Å²) in [6.07, 6.45) is -5.15. The highest BCUT2D eigenvalue weighted by Crippen LogP contribution is 2.25. The number of nitrogens with two attached hydrogens (primary N) is 1. The van der Waals surface area contributed by atoms with Crippen LogP contribution in [0.25, 0.3) is 10.9 Å². The number of H-pyrrole nitrogens is 1. The van der Waals surface area contributed by atoms with Gasteiger partial charge in [-0.05, 0) is 17.7 Å². The summed E-state index contributed by atoms with van der Waals surface area (Å²) < 4.78 is 36.3. The summed E-state index contributed by atoms with van der Waals surface area (Å²) in [5.74, 6) is 0.217. The number of nitrogens with one attached hydrogen (secondary N) is 1. The molecule has 0 amide bonds. The third-order valence-electron chi connectivity index (χ3n) is 2.06. The monoisotopic (exact) mass is 215 g/mol. The molecule has 0 unspecified atom stereocenters. The van der Waals surface area contributed by atoms with E-state index in [4.69, 9.17) is 5.73 Å². The van der Waals surface area contributed by atoms with Gasteiger partial charge in [-0.25, -0.2) is 0 Å². The summed E-state index contributed by atoms with van der Waals surface area (Å²) in [5, 5.41) is 6.85. The molecule has 0 aliphatic rings. The van der Waals surface area contributed by atoms with Crippen molar-refractivity contribution in [2.24, 2.45) is 0 Å². The quantitative estimate of drug-likeness (QED) is 0.766. The topological polar surface area (TPSA) is 54.7 Å². The predicted octanol–water partition coefficient (Wildman–Crippen LogP) is 2.25. The second kappa shape index (κ2) is 3.15. The Morgan fingerprint density at radius 1 is 1.33 bits per heavy atom. The molecule has 0 saturated carbocycles. The lowest BCUT2D eigenvalue weighted by molar-refractivity contribution is -0.127. The number of hydrogen-bond acceptors (Lipinski definition) is 2. The zero-order chi connectivity index (χ0) is 11.1. The normalized spacial score (nSPS) is 12.2. The maximum atomic E-state index is 12.1. The molecule has 1 heterocycles. The standard InChI is InChI=1S/C9H8F3N3/c10-9(11,12)4-5-1-2-7-6(3-5)8(13)15-14-7/h1-3H,4H2,(H3,13,14,15). The molecule has 0 saturated heterocycles. The van der Waals surface area contributed by atoms with Gasteiger partial charge in [-0.1, -0.05) is 6.07 Å². The van der Waals surface area contributed by atoms with Crippen molar-refractivity contribution in [3.8, 4) is 0 Å². The average Bonchev–Trinajstić information content (AvgIpc) is 2.45. The van der Waals surface area contributed by atoms with Gasteiger partial charge in [0.15, 0.2) is 5.82 Å². The number of aromatic nitrogens is 2. The van der Waals surface area contributed by atoms with Crippen molar-refractivity contribution in [2.45, 2.75) is 12.6 Å². The maximum absolute atomic E-state index is 12.1. The third kappa shape index (κ3) is 2.03. The highest BCUT2D eigenvalue weighted by Gasteiger charge is 2.27. The largest absolute Gasteiger partial charge is 0.393 e. The van der Waals surface area contributed by atoms with Crippen LogP contribution >= 0.6 is 0 Å². The fourth-order valence-corrected chi connectivity index (χ4v) is 1.42. The van der Waals surface area contributed by atoms with Gasteiger partial charge in [-0.3, -0.25) is 5.10 Å². The predicted molar refractivity (Wildman–Crippen MR) is 50.3 cm³/mol. The zero-order valence-electron chi connectivity index (χ0n) is 7.60.